The molecule has 0 aliphatic rings. The molecule has 0 aromatic heterocycles. The summed E-state index contributed by atoms with van der Waals surface area (Å²) in [5.74, 6) is 0. The van der Waals surface area contributed by atoms with Crippen LogP contribution >= 0.6 is 15.9 Å². The highest BCUT2D eigenvalue weighted by atomic mass is 79.9. The molecule has 3 nitrogen and oxygen atoms in total. The molecule has 4 heteroatoms. The van der Waals surface area contributed by atoms with Crippen LogP contribution in [0.4, 0.5) is 11.4 Å². The molecule has 2 aromatic rings. The molecule has 0 bridgehead atoms. The first-order valence-corrected chi connectivity index (χ1v) is 7.14. The van der Waals surface area contributed by atoms with Crippen molar-refractivity contribution in [3.63, 3.8) is 0 Å². The summed E-state index contributed by atoms with van der Waals surface area (Å²) in [4.78, 5) is 2.09. The molecule has 0 saturated carbocycles. The van der Waals surface area contributed by atoms with Gasteiger partial charge in [-0.15, -0.1) is 0 Å². The summed E-state index contributed by atoms with van der Waals surface area (Å²) < 4.78 is 0.871. The lowest BCUT2D eigenvalue weighted by atomic mass is 10.1. The van der Waals surface area contributed by atoms with Crippen LogP contribution in [-0.4, -0.2) is 11.7 Å². The Morgan fingerprint density at radius 3 is 2.45 bits per heavy atom. The molecule has 0 atom stereocenters. The van der Waals surface area contributed by atoms with E-state index in [1.807, 2.05) is 48.5 Å². The van der Waals surface area contributed by atoms with Crippen LogP contribution < -0.4 is 4.90 Å². The third-order valence-corrected chi connectivity index (χ3v) is 3.77. The average molecular weight is 331 g/mol. The van der Waals surface area contributed by atoms with Gasteiger partial charge in [0.25, 0.3) is 0 Å². The van der Waals surface area contributed by atoms with Gasteiger partial charge >= 0.3 is 0 Å². The molecular formula is C16H15BrN2O. The smallest absolute Gasteiger partial charge is 0.0692 e. The maximum Gasteiger partial charge on any atom is 0.0692 e. The number of anilines is 2. The second-order valence-corrected chi connectivity index (χ2v) is 5.18. The Morgan fingerprint density at radius 2 is 1.85 bits per heavy atom. The fourth-order valence-corrected chi connectivity index (χ4v) is 2.50. The lowest BCUT2D eigenvalue weighted by Crippen LogP contribution is -2.18. The van der Waals surface area contributed by atoms with Crippen LogP contribution in [0.2, 0.25) is 0 Å². The van der Waals surface area contributed by atoms with Gasteiger partial charge in [-0.05, 0) is 29.8 Å². The molecular weight excluding hydrogens is 316 g/mol. The number of aliphatic hydroxyl groups excluding tert-OH is 1. The van der Waals surface area contributed by atoms with E-state index in [9.17, 15) is 5.11 Å². The Bertz CT molecular complexity index is 608. The van der Waals surface area contributed by atoms with E-state index < -0.39 is 0 Å². The van der Waals surface area contributed by atoms with E-state index in [1.54, 1.807) is 0 Å². The molecule has 0 amide bonds. The highest BCUT2D eigenvalue weighted by molar-refractivity contribution is 9.10. The quantitative estimate of drug-likeness (QED) is 0.901. The zero-order chi connectivity index (χ0) is 14.4. The number of rotatable bonds is 5. The summed E-state index contributed by atoms with van der Waals surface area (Å²) >= 11 is 3.46. The third kappa shape index (κ3) is 3.38. The number of nitriles is 1. The van der Waals surface area contributed by atoms with E-state index >= 15 is 0 Å². The van der Waals surface area contributed by atoms with Crippen molar-refractivity contribution in [2.45, 2.75) is 13.0 Å². The predicted molar refractivity (Wildman–Crippen MR) is 83.7 cm³/mol. The average Bonchev–Trinajstić information content (AvgIpc) is 2.49. The molecule has 0 aliphatic carbocycles. The molecule has 0 spiro atoms. The topological polar surface area (TPSA) is 47.3 Å². The zero-order valence-corrected chi connectivity index (χ0v) is 12.5. The number of para-hydroxylation sites is 1. The summed E-state index contributed by atoms with van der Waals surface area (Å²) in [6, 6.07) is 18.0. The van der Waals surface area contributed by atoms with Crippen LogP contribution in [0.1, 0.15) is 12.0 Å². The van der Waals surface area contributed by atoms with Crippen molar-refractivity contribution < 1.29 is 5.11 Å². The molecule has 0 heterocycles. The highest BCUT2D eigenvalue weighted by Gasteiger charge is 2.10. The minimum Gasteiger partial charge on any atom is -0.392 e. The first kappa shape index (κ1) is 14.6. The Kier molecular flexibility index (Phi) is 5.16. The molecule has 0 unspecified atom stereocenters. The van der Waals surface area contributed by atoms with Gasteiger partial charge in [-0.25, -0.2) is 0 Å². The number of halogens is 1. The van der Waals surface area contributed by atoms with Crippen LogP contribution in [0.15, 0.2) is 53.0 Å². The van der Waals surface area contributed by atoms with E-state index in [2.05, 4.69) is 26.9 Å². The third-order valence-electron chi connectivity index (χ3n) is 3.03. The lowest BCUT2D eigenvalue weighted by Gasteiger charge is -2.24. The standard InChI is InChI=1S/C16H15BrN2O/c17-16-11-15(8-7-13(16)12-20)19(10-4-9-18)14-5-2-1-3-6-14/h1-3,5-8,11,20H,4,10,12H2. The molecule has 2 aromatic carbocycles. The van der Waals surface area contributed by atoms with Gasteiger partial charge in [0.05, 0.1) is 19.1 Å². The number of aliphatic hydroxyl groups is 1. The van der Waals surface area contributed by atoms with E-state index in [0.717, 1.165) is 21.4 Å². The number of hydrogen-bond acceptors (Lipinski definition) is 3. The summed E-state index contributed by atoms with van der Waals surface area (Å²) in [6.07, 6.45) is 0.453. The zero-order valence-electron chi connectivity index (χ0n) is 11.0. The summed E-state index contributed by atoms with van der Waals surface area (Å²) in [5.41, 5.74) is 2.89. The Labute approximate surface area is 127 Å². The fourth-order valence-electron chi connectivity index (χ4n) is 2.01. The van der Waals surface area contributed by atoms with Crippen LogP contribution in [0, 0.1) is 11.3 Å². The van der Waals surface area contributed by atoms with Crippen LogP contribution in [0.5, 0.6) is 0 Å². The van der Waals surface area contributed by atoms with Gasteiger partial charge in [0.2, 0.25) is 0 Å². The second-order valence-electron chi connectivity index (χ2n) is 4.33. The minimum absolute atomic E-state index is 0.00436. The molecule has 102 valence electrons. The Hall–Kier alpha value is -1.83. The van der Waals surface area contributed by atoms with Gasteiger partial charge in [-0.3, -0.25) is 0 Å². The summed E-state index contributed by atoms with van der Waals surface area (Å²) in [6.45, 7) is 0.635. The van der Waals surface area contributed by atoms with Crippen molar-refractivity contribution in [2.24, 2.45) is 0 Å². The summed E-state index contributed by atoms with van der Waals surface area (Å²) in [7, 11) is 0. The van der Waals surface area contributed by atoms with Gasteiger partial charge in [0, 0.05) is 22.4 Å². The Balaban J connectivity index is 2.36. The van der Waals surface area contributed by atoms with Gasteiger partial charge in [0.1, 0.15) is 0 Å². The van der Waals surface area contributed by atoms with Crippen molar-refractivity contribution in [3.8, 4) is 6.07 Å². The van der Waals surface area contributed by atoms with E-state index in [-0.39, 0.29) is 6.61 Å². The first-order valence-electron chi connectivity index (χ1n) is 6.35. The molecule has 0 fully saturated rings. The van der Waals surface area contributed by atoms with Crippen LogP contribution in [0.25, 0.3) is 0 Å². The molecule has 1 N–H and O–H groups in total. The molecule has 20 heavy (non-hydrogen) atoms. The molecule has 2 rings (SSSR count). The van der Waals surface area contributed by atoms with Crippen molar-refractivity contribution in [1.82, 2.24) is 0 Å². The number of hydrogen-bond donors (Lipinski definition) is 1. The van der Waals surface area contributed by atoms with Gasteiger partial charge < -0.3 is 10.0 Å². The van der Waals surface area contributed by atoms with E-state index in [4.69, 9.17) is 5.26 Å². The van der Waals surface area contributed by atoms with Crippen LogP contribution in [-0.2, 0) is 6.61 Å². The van der Waals surface area contributed by atoms with E-state index in [1.165, 1.54) is 0 Å². The monoisotopic (exact) mass is 330 g/mol. The largest absolute Gasteiger partial charge is 0.392 e. The van der Waals surface area contributed by atoms with Crippen molar-refractivity contribution >= 4 is 27.3 Å². The van der Waals surface area contributed by atoms with Crippen molar-refractivity contribution in [2.75, 3.05) is 11.4 Å². The lowest BCUT2D eigenvalue weighted by molar-refractivity contribution is 0.281. The van der Waals surface area contributed by atoms with Crippen molar-refractivity contribution in [3.05, 3.63) is 58.6 Å². The normalized spacial score (nSPS) is 10.1. The molecule has 0 radical (unpaired) electrons. The fraction of sp³-hybridized carbons (Fsp3) is 0.188. The maximum atomic E-state index is 9.22. The van der Waals surface area contributed by atoms with Gasteiger partial charge in [-0.2, -0.15) is 5.26 Å². The highest BCUT2D eigenvalue weighted by Crippen LogP contribution is 2.29. The minimum atomic E-state index is 0.00436. The van der Waals surface area contributed by atoms with Crippen LogP contribution in [0.3, 0.4) is 0 Å². The second kappa shape index (κ2) is 7.09. The predicted octanol–water partition coefficient (Wildman–Crippen LogP) is 3.99. The maximum absolute atomic E-state index is 9.22. The number of nitrogens with zero attached hydrogens (tertiary/aromatic N) is 2. The summed E-state index contributed by atoms with van der Waals surface area (Å²) in [5, 5.41) is 18.0. The van der Waals surface area contributed by atoms with E-state index in [0.29, 0.717) is 13.0 Å². The Morgan fingerprint density at radius 1 is 1.10 bits per heavy atom. The first-order chi connectivity index (χ1) is 9.76. The SMILES string of the molecule is N#CCCN(c1ccccc1)c1ccc(CO)c(Br)c1. The van der Waals surface area contributed by atoms with Gasteiger partial charge in [-0.1, -0.05) is 40.2 Å². The molecule has 0 saturated heterocycles. The van der Waals surface area contributed by atoms with Crippen molar-refractivity contribution in [1.29, 1.82) is 5.26 Å². The number of benzene rings is 2. The van der Waals surface area contributed by atoms with Gasteiger partial charge in [0.15, 0.2) is 0 Å². The molecule has 0 aliphatic heterocycles.